The molecule has 0 fully saturated rings. The van der Waals surface area contributed by atoms with Crippen molar-refractivity contribution in [2.24, 2.45) is 0 Å². The van der Waals surface area contributed by atoms with Crippen molar-refractivity contribution < 1.29 is 23.9 Å². The Morgan fingerprint density at radius 2 is 2.04 bits per heavy atom. The van der Waals surface area contributed by atoms with Crippen LogP contribution in [0.3, 0.4) is 0 Å². The average Bonchev–Trinajstić information content (AvgIpc) is 3.10. The summed E-state index contributed by atoms with van der Waals surface area (Å²) >= 11 is 1.36. The number of nitrogens with one attached hydrogen (secondary N) is 1. The Labute approximate surface area is 164 Å². The Bertz CT molecular complexity index is 805. The van der Waals surface area contributed by atoms with Gasteiger partial charge in [0.05, 0.1) is 25.6 Å². The van der Waals surface area contributed by atoms with Gasteiger partial charge in [-0.1, -0.05) is 25.6 Å². The number of carbonyl (C=O) groups excluding carboxylic acids is 3. The van der Waals surface area contributed by atoms with Crippen LogP contribution in [0.15, 0.2) is 11.4 Å². The lowest BCUT2D eigenvalue weighted by Gasteiger charge is -2.34. The molecule has 1 aromatic heterocycles. The number of amides is 2. The van der Waals surface area contributed by atoms with Crippen LogP contribution < -0.4 is 5.32 Å². The Morgan fingerprint density at radius 3 is 2.63 bits per heavy atom. The minimum Gasteiger partial charge on any atom is -0.466 e. The highest BCUT2D eigenvalue weighted by molar-refractivity contribution is 7.12. The summed E-state index contributed by atoms with van der Waals surface area (Å²) in [4.78, 5) is 39.6. The number of alkyl carbamates (subject to hydrolysis) is 1. The molecule has 2 amide bonds. The fourth-order valence-corrected chi connectivity index (χ4v) is 4.14. The molecular formula is C18H24N2O5SSi. The van der Waals surface area contributed by atoms with Crippen molar-refractivity contribution in [1.29, 1.82) is 0 Å². The molecule has 1 aliphatic heterocycles. The van der Waals surface area contributed by atoms with Crippen LogP contribution in [0.25, 0.3) is 0 Å². The molecule has 146 valence electrons. The predicted molar refractivity (Wildman–Crippen MR) is 105 cm³/mol. The highest BCUT2D eigenvalue weighted by Crippen LogP contribution is 2.25. The predicted octanol–water partition coefficient (Wildman–Crippen LogP) is 1.89. The zero-order valence-corrected chi connectivity index (χ0v) is 18.0. The maximum absolute atomic E-state index is 12.8. The van der Waals surface area contributed by atoms with Crippen molar-refractivity contribution in [2.75, 3.05) is 27.3 Å². The van der Waals surface area contributed by atoms with E-state index >= 15 is 0 Å². The van der Waals surface area contributed by atoms with Crippen molar-refractivity contribution in [1.82, 2.24) is 10.2 Å². The first-order valence-electron chi connectivity index (χ1n) is 8.46. The third kappa shape index (κ3) is 4.90. The first kappa shape index (κ1) is 21.0. The van der Waals surface area contributed by atoms with E-state index in [4.69, 9.17) is 4.74 Å². The second-order valence-electron chi connectivity index (χ2n) is 7.27. The van der Waals surface area contributed by atoms with E-state index in [0.717, 1.165) is 5.56 Å². The summed E-state index contributed by atoms with van der Waals surface area (Å²) in [5, 5.41) is 4.38. The average molecular weight is 409 g/mol. The summed E-state index contributed by atoms with van der Waals surface area (Å²) in [6.07, 6.45) is -0.131. The number of hydrogen-bond acceptors (Lipinski definition) is 6. The number of carbonyl (C=O) groups is 3. The van der Waals surface area contributed by atoms with E-state index in [-0.39, 0.29) is 12.5 Å². The van der Waals surface area contributed by atoms with E-state index in [9.17, 15) is 14.4 Å². The van der Waals surface area contributed by atoms with E-state index < -0.39 is 25.7 Å². The number of ether oxygens (including phenoxy) is 2. The van der Waals surface area contributed by atoms with Crippen molar-refractivity contribution in [3.05, 3.63) is 21.9 Å². The lowest BCUT2D eigenvalue weighted by Crippen LogP contribution is -2.62. The molecule has 0 unspecified atom stereocenters. The van der Waals surface area contributed by atoms with Gasteiger partial charge in [0.1, 0.15) is 8.07 Å². The molecule has 0 saturated carbocycles. The zero-order chi connectivity index (χ0) is 20.2. The summed E-state index contributed by atoms with van der Waals surface area (Å²) < 4.78 is 9.60. The second kappa shape index (κ2) is 8.15. The van der Waals surface area contributed by atoms with Crippen LogP contribution in [0.5, 0.6) is 0 Å². The molecule has 0 spiro atoms. The molecule has 1 aromatic rings. The molecule has 1 N–H and O–H groups in total. The highest BCUT2D eigenvalue weighted by atomic mass is 32.1. The third-order valence-electron chi connectivity index (χ3n) is 3.99. The second-order valence-corrected chi connectivity index (χ2v) is 12.9. The minimum atomic E-state index is -1.88. The molecule has 0 aromatic carbocycles. The quantitative estimate of drug-likeness (QED) is 0.467. The molecule has 2 rings (SSSR count). The zero-order valence-electron chi connectivity index (χ0n) is 16.2. The molecule has 9 heteroatoms. The van der Waals surface area contributed by atoms with Gasteiger partial charge in [-0.3, -0.25) is 10.1 Å². The molecular weight excluding hydrogens is 384 g/mol. The highest BCUT2D eigenvalue weighted by Gasteiger charge is 2.44. The van der Waals surface area contributed by atoms with E-state index in [1.807, 2.05) is 31.1 Å². The number of fused-ring (bicyclic) bond motifs is 1. The molecule has 0 bridgehead atoms. The lowest BCUT2D eigenvalue weighted by molar-refractivity contribution is -0.146. The van der Waals surface area contributed by atoms with Crippen LogP contribution in [0, 0.1) is 11.5 Å². The monoisotopic (exact) mass is 408 g/mol. The molecule has 0 aliphatic carbocycles. The Kier molecular flexibility index (Phi) is 6.33. The van der Waals surface area contributed by atoms with E-state index in [2.05, 4.69) is 21.5 Å². The number of hydrogen-bond donors (Lipinski definition) is 1. The van der Waals surface area contributed by atoms with Gasteiger partial charge in [-0.15, -0.1) is 16.9 Å². The molecule has 27 heavy (non-hydrogen) atoms. The van der Waals surface area contributed by atoms with Gasteiger partial charge in [0.15, 0.2) is 0 Å². The summed E-state index contributed by atoms with van der Waals surface area (Å²) in [7, 11) is 0.547. The number of thiophene rings is 1. The van der Waals surface area contributed by atoms with Gasteiger partial charge in [-0.05, 0) is 23.4 Å². The van der Waals surface area contributed by atoms with Crippen LogP contribution in [0.2, 0.25) is 19.6 Å². The van der Waals surface area contributed by atoms with Gasteiger partial charge in [0, 0.05) is 6.54 Å². The third-order valence-corrected chi connectivity index (χ3v) is 5.81. The Hall–Kier alpha value is -2.31. The van der Waals surface area contributed by atoms with Crippen molar-refractivity contribution in [2.45, 2.75) is 31.6 Å². The first-order valence-corrected chi connectivity index (χ1v) is 12.8. The van der Waals surface area contributed by atoms with Crippen LogP contribution in [0.1, 0.15) is 15.2 Å². The fourth-order valence-electron chi connectivity index (χ4n) is 2.63. The number of nitrogens with zero attached hydrogens (tertiary/aromatic N) is 1. The van der Waals surface area contributed by atoms with Gasteiger partial charge in [0.2, 0.25) is 5.54 Å². The van der Waals surface area contributed by atoms with Crippen molar-refractivity contribution in [3.63, 3.8) is 0 Å². The van der Waals surface area contributed by atoms with Gasteiger partial charge in [-0.2, -0.15) is 0 Å². The molecule has 0 saturated heterocycles. The van der Waals surface area contributed by atoms with Crippen molar-refractivity contribution >= 4 is 37.4 Å². The Morgan fingerprint density at radius 1 is 1.33 bits per heavy atom. The summed E-state index contributed by atoms with van der Waals surface area (Å²) in [5.74, 6) is 2.00. The van der Waals surface area contributed by atoms with E-state index in [0.29, 0.717) is 17.8 Å². The van der Waals surface area contributed by atoms with Gasteiger partial charge in [-0.25, -0.2) is 9.59 Å². The SMILES string of the molecule is COC(=O)N[C@](C#C[Si](C)(C)C)(CN1CCc2ccsc2C1=O)C(=O)OC. The van der Waals surface area contributed by atoms with Gasteiger partial charge in [0.25, 0.3) is 5.91 Å². The Balaban J connectivity index is 2.44. The largest absolute Gasteiger partial charge is 0.466 e. The molecule has 0 radical (unpaired) electrons. The van der Waals surface area contributed by atoms with Gasteiger partial charge >= 0.3 is 12.1 Å². The van der Waals surface area contributed by atoms with E-state index in [1.54, 1.807) is 0 Å². The van der Waals surface area contributed by atoms with Crippen LogP contribution >= 0.6 is 11.3 Å². The molecule has 1 aliphatic rings. The topological polar surface area (TPSA) is 84.9 Å². The van der Waals surface area contributed by atoms with Crippen LogP contribution in [0.4, 0.5) is 4.79 Å². The smallest absolute Gasteiger partial charge is 0.408 e. The maximum atomic E-state index is 12.8. The first-order chi connectivity index (χ1) is 12.6. The fraction of sp³-hybridized carbons (Fsp3) is 0.500. The summed E-state index contributed by atoms with van der Waals surface area (Å²) in [6, 6.07) is 1.93. The van der Waals surface area contributed by atoms with Crippen LogP contribution in [-0.4, -0.2) is 63.8 Å². The minimum absolute atomic E-state index is 0.109. The number of rotatable bonds is 4. The molecule has 2 heterocycles. The van der Waals surface area contributed by atoms with E-state index in [1.165, 1.54) is 30.5 Å². The number of methoxy groups -OCH3 is 2. The summed E-state index contributed by atoms with van der Waals surface area (Å²) in [6.45, 7) is 6.37. The molecule has 1 atom stereocenters. The number of esters is 1. The van der Waals surface area contributed by atoms with Crippen molar-refractivity contribution in [3.8, 4) is 11.5 Å². The molecule has 7 nitrogen and oxygen atoms in total. The van der Waals surface area contributed by atoms with Gasteiger partial charge < -0.3 is 14.4 Å². The normalized spacial score (nSPS) is 15.7. The van der Waals surface area contributed by atoms with Crippen LogP contribution in [-0.2, 0) is 20.7 Å². The summed E-state index contributed by atoms with van der Waals surface area (Å²) in [5.41, 5.74) is 2.42. The lowest BCUT2D eigenvalue weighted by atomic mass is 9.98. The standard InChI is InChI=1S/C18H24N2O5SSi/c1-24-16(22)18(19-17(23)25-2,8-11-27(3,4)5)12-20-9-6-13-7-10-26-14(13)15(20)21/h7,10H,6,9,12H2,1-5H3,(H,19,23)/t18-/m1/s1. The maximum Gasteiger partial charge on any atom is 0.408 e.